The number of alkyl halides is 3. The van der Waals surface area contributed by atoms with Gasteiger partial charge in [-0.05, 0) is 12.1 Å². The number of thiazole rings is 1. The van der Waals surface area contributed by atoms with Crippen LogP contribution in [0.1, 0.15) is 17.6 Å². The van der Waals surface area contributed by atoms with Gasteiger partial charge in [0.15, 0.2) is 16.6 Å². The Kier molecular flexibility index (Phi) is 2.83. The molecule has 22 heavy (non-hydrogen) atoms. The summed E-state index contributed by atoms with van der Waals surface area (Å²) in [6, 6.07) is 3.76. The molecule has 0 N–H and O–H groups in total. The lowest BCUT2D eigenvalue weighted by Gasteiger charge is -2.37. The minimum atomic E-state index is -4.60. The number of halogens is 3. The van der Waals surface area contributed by atoms with E-state index >= 15 is 0 Å². The van der Waals surface area contributed by atoms with Gasteiger partial charge in [0, 0.05) is 19.3 Å². The monoisotopic (exact) mass is 327 g/mol. The van der Waals surface area contributed by atoms with E-state index in [4.69, 9.17) is 0 Å². The predicted octanol–water partition coefficient (Wildman–Crippen LogP) is 2.70. The van der Waals surface area contributed by atoms with Crippen LogP contribution < -0.4 is 4.90 Å². The molecule has 1 saturated heterocycles. The van der Waals surface area contributed by atoms with Crippen LogP contribution >= 0.6 is 11.3 Å². The molecule has 1 fully saturated rings. The van der Waals surface area contributed by atoms with Crippen LogP contribution in [0, 0.1) is 0 Å². The molecule has 0 aromatic carbocycles. The van der Waals surface area contributed by atoms with Gasteiger partial charge in [0.25, 0.3) is 0 Å². The summed E-state index contributed by atoms with van der Waals surface area (Å²) in [6.07, 6.45) is -2.93. The quantitative estimate of drug-likeness (QED) is 0.721. The van der Waals surface area contributed by atoms with Crippen molar-refractivity contribution in [3.63, 3.8) is 0 Å². The lowest BCUT2D eigenvalue weighted by molar-refractivity contribution is -0.159. The number of fused-ring (bicyclic) bond motifs is 1. The average Bonchev–Trinajstić information content (AvgIpc) is 3.02. The smallest absolute Gasteiger partial charge is 0.346 e. The van der Waals surface area contributed by atoms with Gasteiger partial charge in [-0.3, -0.25) is 0 Å². The van der Waals surface area contributed by atoms with Gasteiger partial charge in [-0.25, -0.2) is 4.98 Å². The third-order valence-electron chi connectivity index (χ3n) is 3.36. The molecule has 1 aliphatic rings. The van der Waals surface area contributed by atoms with Gasteiger partial charge in [-0.1, -0.05) is 16.5 Å². The van der Waals surface area contributed by atoms with E-state index in [1.165, 1.54) is 11.3 Å². The van der Waals surface area contributed by atoms with Crippen molar-refractivity contribution in [1.29, 1.82) is 0 Å². The van der Waals surface area contributed by atoms with Crippen LogP contribution in [0.3, 0.4) is 0 Å². The summed E-state index contributed by atoms with van der Waals surface area (Å²) < 4.78 is 42.5. The third-order valence-corrected chi connectivity index (χ3v) is 4.43. The molecular weight excluding hydrogens is 319 g/mol. The highest BCUT2D eigenvalue weighted by molar-refractivity contribution is 7.22. The van der Waals surface area contributed by atoms with E-state index in [0.717, 1.165) is 9.83 Å². The Hall–Kier alpha value is -2.23. The average molecular weight is 327 g/mol. The van der Waals surface area contributed by atoms with E-state index in [2.05, 4.69) is 24.6 Å². The second-order valence-electron chi connectivity index (χ2n) is 4.88. The molecule has 4 heterocycles. The number of nitrogens with zero attached hydrogens (tertiary/aromatic N) is 5. The highest BCUT2D eigenvalue weighted by Gasteiger charge is 2.41. The molecule has 0 spiro atoms. The van der Waals surface area contributed by atoms with Gasteiger partial charge in [0.1, 0.15) is 0 Å². The van der Waals surface area contributed by atoms with Crippen molar-refractivity contribution in [2.45, 2.75) is 12.1 Å². The van der Waals surface area contributed by atoms with Crippen LogP contribution in [0.25, 0.3) is 10.3 Å². The van der Waals surface area contributed by atoms with Gasteiger partial charge in [-0.15, -0.1) is 0 Å². The van der Waals surface area contributed by atoms with Gasteiger partial charge in [0.05, 0.1) is 10.6 Å². The first-order valence-corrected chi connectivity index (χ1v) is 7.19. The van der Waals surface area contributed by atoms with Crippen molar-refractivity contribution in [2.75, 3.05) is 18.0 Å². The molecule has 6 nitrogen and oxygen atoms in total. The van der Waals surface area contributed by atoms with E-state index < -0.39 is 12.1 Å². The summed E-state index contributed by atoms with van der Waals surface area (Å²) >= 11 is 1.50. The Morgan fingerprint density at radius 2 is 2.09 bits per heavy atom. The first-order valence-electron chi connectivity index (χ1n) is 6.38. The van der Waals surface area contributed by atoms with Crippen LogP contribution in [0.2, 0.25) is 0 Å². The van der Waals surface area contributed by atoms with Gasteiger partial charge >= 0.3 is 12.1 Å². The van der Waals surface area contributed by atoms with Gasteiger partial charge in [0.2, 0.25) is 0 Å². The minimum absolute atomic E-state index is 0.0859. The number of rotatable bonds is 2. The number of aromatic nitrogens is 4. The Labute approximate surface area is 125 Å². The molecule has 0 unspecified atom stereocenters. The van der Waals surface area contributed by atoms with Crippen LogP contribution in [-0.2, 0) is 6.18 Å². The Balaban J connectivity index is 1.48. The molecule has 3 aromatic rings. The summed E-state index contributed by atoms with van der Waals surface area (Å²) in [6.45, 7) is 1.02. The maximum Gasteiger partial charge on any atom is 0.471 e. The zero-order valence-corrected chi connectivity index (χ0v) is 11.7. The van der Waals surface area contributed by atoms with Crippen molar-refractivity contribution in [3.05, 3.63) is 30.0 Å². The molecule has 0 bridgehead atoms. The standard InChI is InChI=1S/C12H8F3N5OS/c13-12(14,15)10-17-8(19-21-10)6-4-20(5-6)11-18-9-7(22-11)2-1-3-16-9/h1-3,6H,4-5H2. The number of hydrogen-bond donors (Lipinski definition) is 0. The Bertz CT molecular complexity index is 790. The molecular formula is C12H8F3N5OS. The topological polar surface area (TPSA) is 67.9 Å². The van der Waals surface area contributed by atoms with E-state index in [1.807, 2.05) is 17.0 Å². The van der Waals surface area contributed by atoms with Crippen LogP contribution in [0.15, 0.2) is 22.9 Å². The number of pyridine rings is 1. The molecule has 0 atom stereocenters. The zero-order chi connectivity index (χ0) is 15.3. The van der Waals surface area contributed by atoms with Gasteiger partial charge < -0.3 is 9.42 Å². The number of anilines is 1. The highest BCUT2D eigenvalue weighted by Crippen LogP contribution is 2.36. The van der Waals surface area contributed by atoms with E-state index in [9.17, 15) is 13.2 Å². The van der Waals surface area contributed by atoms with Crippen molar-refractivity contribution in [1.82, 2.24) is 20.1 Å². The van der Waals surface area contributed by atoms with E-state index in [-0.39, 0.29) is 11.7 Å². The molecule has 0 aliphatic carbocycles. The molecule has 10 heteroatoms. The normalized spacial score (nSPS) is 16.2. The predicted molar refractivity (Wildman–Crippen MR) is 71.7 cm³/mol. The minimum Gasteiger partial charge on any atom is -0.346 e. The van der Waals surface area contributed by atoms with Crippen molar-refractivity contribution < 1.29 is 17.7 Å². The number of hydrogen-bond acceptors (Lipinski definition) is 7. The summed E-state index contributed by atoms with van der Waals surface area (Å²) in [5, 5.41) is 4.21. The van der Waals surface area contributed by atoms with Crippen molar-refractivity contribution in [3.8, 4) is 0 Å². The van der Waals surface area contributed by atoms with Crippen LogP contribution in [0.5, 0.6) is 0 Å². The van der Waals surface area contributed by atoms with E-state index in [1.54, 1.807) is 6.20 Å². The summed E-state index contributed by atoms with van der Waals surface area (Å²) in [7, 11) is 0. The fourth-order valence-electron chi connectivity index (χ4n) is 2.21. The fourth-order valence-corrected chi connectivity index (χ4v) is 3.15. The summed E-state index contributed by atoms with van der Waals surface area (Å²) in [5.41, 5.74) is 0.671. The fraction of sp³-hybridized carbons (Fsp3) is 0.333. The second-order valence-corrected chi connectivity index (χ2v) is 5.89. The maximum absolute atomic E-state index is 12.4. The zero-order valence-electron chi connectivity index (χ0n) is 10.9. The largest absolute Gasteiger partial charge is 0.471 e. The first-order chi connectivity index (χ1) is 10.5. The maximum atomic E-state index is 12.4. The first kappa shape index (κ1) is 13.4. The summed E-state index contributed by atoms with van der Waals surface area (Å²) in [4.78, 5) is 13.9. The molecule has 0 radical (unpaired) electrons. The molecule has 114 valence electrons. The van der Waals surface area contributed by atoms with Gasteiger partial charge in [-0.2, -0.15) is 23.1 Å². The molecule has 3 aromatic heterocycles. The molecule has 1 aliphatic heterocycles. The van der Waals surface area contributed by atoms with Crippen molar-refractivity contribution in [2.24, 2.45) is 0 Å². The lowest BCUT2D eigenvalue weighted by atomic mass is 10.0. The van der Waals surface area contributed by atoms with E-state index in [0.29, 0.717) is 18.7 Å². The SMILES string of the molecule is FC(F)(F)c1nc(C2CN(c3nc4ncccc4s3)C2)no1. The van der Waals surface area contributed by atoms with Crippen molar-refractivity contribution >= 4 is 26.8 Å². The molecule has 0 amide bonds. The van der Waals surface area contributed by atoms with Crippen LogP contribution in [-0.4, -0.2) is 33.2 Å². The summed E-state index contributed by atoms with van der Waals surface area (Å²) in [5.74, 6) is -1.40. The highest BCUT2D eigenvalue weighted by atomic mass is 32.1. The second kappa shape index (κ2) is 4.63. The Morgan fingerprint density at radius 3 is 2.77 bits per heavy atom. The third kappa shape index (κ3) is 2.19. The molecule has 4 rings (SSSR count). The lowest BCUT2D eigenvalue weighted by Crippen LogP contribution is -2.45. The van der Waals surface area contributed by atoms with Crippen LogP contribution in [0.4, 0.5) is 18.3 Å². The molecule has 0 saturated carbocycles. The Morgan fingerprint density at radius 1 is 1.27 bits per heavy atom.